The normalized spacial score (nSPS) is 20.4. The number of aryl methyl sites for hydroxylation is 1. The number of hydrogen-bond acceptors (Lipinski definition) is 8. The van der Waals surface area contributed by atoms with Crippen LogP contribution in [-0.2, 0) is 24.1 Å². The Morgan fingerprint density at radius 2 is 1.76 bits per heavy atom. The maximum absolute atomic E-state index is 13.5. The van der Waals surface area contributed by atoms with Gasteiger partial charge in [0.05, 0.1) is 31.1 Å². The fourth-order valence-electron chi connectivity index (χ4n) is 6.03. The van der Waals surface area contributed by atoms with Gasteiger partial charge in [-0.25, -0.2) is 0 Å². The molecule has 5 rings (SSSR count). The molecule has 2 aromatic carbocycles. The zero-order chi connectivity index (χ0) is 29.9. The van der Waals surface area contributed by atoms with E-state index in [4.69, 9.17) is 19.0 Å². The van der Waals surface area contributed by atoms with Crippen LogP contribution in [0.5, 0.6) is 11.5 Å². The van der Waals surface area contributed by atoms with E-state index < -0.39 is 0 Å². The van der Waals surface area contributed by atoms with Crippen LogP contribution < -0.4 is 9.47 Å². The summed E-state index contributed by atoms with van der Waals surface area (Å²) in [4.78, 5) is 31.2. The molecule has 1 atom stereocenters. The number of aliphatic hydroxyl groups is 1. The summed E-state index contributed by atoms with van der Waals surface area (Å²) in [5.41, 5.74) is 3.91. The lowest BCUT2D eigenvalue weighted by molar-refractivity contribution is -0.116. The van der Waals surface area contributed by atoms with Gasteiger partial charge in [-0.15, -0.1) is 0 Å². The molecule has 220 valence electrons. The quantitative estimate of drug-likeness (QED) is 0.233. The zero-order valence-electron chi connectivity index (χ0n) is 24.7. The Kier molecular flexibility index (Phi) is 8.61. The van der Waals surface area contributed by atoms with Gasteiger partial charge in [0.25, 0.3) is 0 Å². The molecule has 2 aliphatic carbocycles. The molecule has 8 heteroatoms. The van der Waals surface area contributed by atoms with Crippen LogP contribution in [-0.4, -0.2) is 48.3 Å². The van der Waals surface area contributed by atoms with Crippen LogP contribution in [0.25, 0.3) is 0 Å². The van der Waals surface area contributed by atoms with Crippen molar-refractivity contribution in [2.24, 2.45) is 10.4 Å². The number of methoxy groups -OCH3 is 2. The van der Waals surface area contributed by atoms with Crippen LogP contribution in [0.15, 0.2) is 69.4 Å². The predicted molar refractivity (Wildman–Crippen MR) is 160 cm³/mol. The van der Waals surface area contributed by atoms with Crippen LogP contribution in [0.3, 0.4) is 0 Å². The number of ketones is 2. The van der Waals surface area contributed by atoms with E-state index in [-0.39, 0.29) is 35.1 Å². The zero-order valence-corrected chi connectivity index (χ0v) is 24.7. The van der Waals surface area contributed by atoms with Gasteiger partial charge >= 0.3 is 0 Å². The molecule has 1 N–H and O–H groups in total. The molecule has 1 saturated carbocycles. The van der Waals surface area contributed by atoms with E-state index in [9.17, 15) is 14.7 Å². The molecular weight excluding hydrogens is 532 g/mol. The Morgan fingerprint density at radius 3 is 2.50 bits per heavy atom. The summed E-state index contributed by atoms with van der Waals surface area (Å²) in [5.74, 6) is 1.77. The number of ether oxygens (including phenoxy) is 2. The molecule has 1 heterocycles. The number of Topliss-reactive ketones (excluding diaryl/α,β-unsaturated/α-hetero) is 2. The first kappa shape index (κ1) is 29.3. The number of allylic oxidation sites excluding steroid dienone is 2. The molecule has 3 aromatic rings. The number of rotatable bonds is 9. The van der Waals surface area contributed by atoms with E-state index in [1.165, 1.54) is 0 Å². The maximum Gasteiger partial charge on any atom is 0.168 e. The second-order valence-electron chi connectivity index (χ2n) is 11.9. The topological polar surface area (TPSA) is 111 Å². The molecule has 0 aliphatic heterocycles. The van der Waals surface area contributed by atoms with Crippen LogP contribution in [0.2, 0.25) is 0 Å². The lowest BCUT2D eigenvalue weighted by atomic mass is 9.76. The van der Waals surface area contributed by atoms with E-state index >= 15 is 0 Å². The standard InChI is InChI=1S/C34H38N2O6/c1-34(2)19-28(39)33-24(36-42-31(33)20-34)11-12-26(37)32-25(17-23(18-27(32)38)22-8-6-5-7-9-22)35-15-14-21-10-13-29(40-3)30(16-21)41-4/h5-10,13,16,23,37H,11-12,14-15,17-20H2,1-4H3. The number of hydrogen-bond donors (Lipinski definition) is 1. The van der Waals surface area contributed by atoms with Crippen molar-refractivity contribution < 1.29 is 28.7 Å². The van der Waals surface area contributed by atoms with Gasteiger partial charge in [0.1, 0.15) is 11.5 Å². The van der Waals surface area contributed by atoms with Crippen LogP contribution in [0.1, 0.15) is 78.4 Å². The van der Waals surface area contributed by atoms with Gasteiger partial charge in [0.2, 0.25) is 0 Å². The second-order valence-corrected chi connectivity index (χ2v) is 11.9. The molecule has 2 aliphatic rings. The molecule has 0 spiro atoms. The predicted octanol–water partition coefficient (Wildman–Crippen LogP) is 6.42. The number of aliphatic hydroxyl groups excluding tert-OH is 1. The fourth-order valence-corrected chi connectivity index (χ4v) is 6.03. The van der Waals surface area contributed by atoms with E-state index in [0.717, 1.165) is 11.1 Å². The lowest BCUT2D eigenvalue weighted by Crippen LogP contribution is -2.27. The van der Waals surface area contributed by atoms with Crippen molar-refractivity contribution in [3.8, 4) is 11.5 Å². The summed E-state index contributed by atoms with van der Waals surface area (Å²) in [5, 5.41) is 15.4. The Balaban J connectivity index is 1.38. The highest BCUT2D eigenvalue weighted by Crippen LogP contribution is 2.37. The minimum Gasteiger partial charge on any atom is -0.511 e. The molecule has 0 amide bonds. The molecule has 1 unspecified atom stereocenters. The van der Waals surface area contributed by atoms with E-state index in [2.05, 4.69) is 5.16 Å². The largest absolute Gasteiger partial charge is 0.511 e. The fraction of sp³-hybridized carbons (Fsp3) is 0.412. The Morgan fingerprint density at radius 1 is 1.00 bits per heavy atom. The van der Waals surface area contributed by atoms with Gasteiger partial charge in [0.15, 0.2) is 23.1 Å². The van der Waals surface area contributed by atoms with Gasteiger partial charge < -0.3 is 19.1 Å². The number of fused-ring (bicyclic) bond motifs is 1. The molecule has 1 aromatic heterocycles. The smallest absolute Gasteiger partial charge is 0.168 e. The average molecular weight is 571 g/mol. The molecular formula is C34H38N2O6. The summed E-state index contributed by atoms with van der Waals surface area (Å²) in [6.45, 7) is 4.52. The third kappa shape index (κ3) is 6.32. The van der Waals surface area contributed by atoms with Crippen LogP contribution >= 0.6 is 0 Å². The van der Waals surface area contributed by atoms with Crippen molar-refractivity contribution in [3.05, 3.63) is 88.0 Å². The molecule has 8 nitrogen and oxygen atoms in total. The van der Waals surface area contributed by atoms with Gasteiger partial charge in [-0.05, 0) is 47.4 Å². The number of carbonyl (C=O) groups excluding carboxylic acids is 2. The number of aromatic nitrogens is 1. The van der Waals surface area contributed by atoms with E-state index in [1.54, 1.807) is 14.2 Å². The Bertz CT molecular complexity index is 1530. The summed E-state index contributed by atoms with van der Waals surface area (Å²) in [7, 11) is 3.20. The summed E-state index contributed by atoms with van der Waals surface area (Å²) in [6, 6.07) is 15.7. The monoisotopic (exact) mass is 570 g/mol. The molecule has 42 heavy (non-hydrogen) atoms. The second kappa shape index (κ2) is 12.3. The number of nitrogens with zero attached hydrogens (tertiary/aromatic N) is 2. The lowest BCUT2D eigenvalue weighted by Gasteiger charge is -2.27. The molecule has 0 radical (unpaired) electrons. The molecule has 0 bridgehead atoms. The van der Waals surface area contributed by atoms with Crippen LogP contribution in [0.4, 0.5) is 0 Å². The summed E-state index contributed by atoms with van der Waals surface area (Å²) >= 11 is 0. The van der Waals surface area contributed by atoms with Crippen molar-refractivity contribution in [3.63, 3.8) is 0 Å². The van der Waals surface area contributed by atoms with Crippen molar-refractivity contribution in [1.82, 2.24) is 5.16 Å². The minimum absolute atomic E-state index is 0.0152. The third-order valence-electron chi connectivity index (χ3n) is 8.14. The van der Waals surface area contributed by atoms with E-state index in [0.29, 0.717) is 84.9 Å². The van der Waals surface area contributed by atoms with Crippen molar-refractivity contribution in [2.45, 2.75) is 64.7 Å². The first-order chi connectivity index (χ1) is 20.2. The summed E-state index contributed by atoms with van der Waals surface area (Å²) in [6.07, 6.45) is 3.02. The first-order valence-corrected chi connectivity index (χ1v) is 14.4. The minimum atomic E-state index is -0.170. The highest BCUT2D eigenvalue weighted by Gasteiger charge is 2.37. The van der Waals surface area contributed by atoms with Gasteiger partial charge in [0, 0.05) is 44.4 Å². The SMILES string of the molecule is COc1ccc(CCN=C2CC(c3ccccc3)CC(=O)C2=C(O)CCc2noc3c2C(=O)CC(C)(C)C3)cc1OC. The molecule has 0 saturated heterocycles. The van der Waals surface area contributed by atoms with E-state index in [1.807, 2.05) is 62.4 Å². The highest BCUT2D eigenvalue weighted by atomic mass is 16.5. The van der Waals surface area contributed by atoms with Gasteiger partial charge in [-0.1, -0.05) is 55.4 Å². The number of benzene rings is 2. The molecule has 1 fully saturated rings. The van der Waals surface area contributed by atoms with Crippen LogP contribution in [0, 0.1) is 5.41 Å². The van der Waals surface area contributed by atoms with Crippen molar-refractivity contribution in [2.75, 3.05) is 20.8 Å². The highest BCUT2D eigenvalue weighted by molar-refractivity contribution is 6.24. The Hall–Kier alpha value is -4.20. The third-order valence-corrected chi connectivity index (χ3v) is 8.14. The van der Waals surface area contributed by atoms with Crippen molar-refractivity contribution >= 4 is 17.3 Å². The number of carbonyl (C=O) groups is 2. The van der Waals surface area contributed by atoms with Gasteiger partial charge in [-0.3, -0.25) is 14.6 Å². The first-order valence-electron chi connectivity index (χ1n) is 14.4. The van der Waals surface area contributed by atoms with Crippen molar-refractivity contribution in [1.29, 1.82) is 0 Å². The summed E-state index contributed by atoms with van der Waals surface area (Å²) < 4.78 is 16.3. The maximum atomic E-state index is 13.5. The van der Waals surface area contributed by atoms with Gasteiger partial charge in [-0.2, -0.15) is 0 Å². The number of aliphatic imine (C=N–C) groups is 1. The average Bonchev–Trinajstić information content (AvgIpc) is 3.38. The Labute approximate surface area is 246 Å².